The number of aliphatic carboxylic acids is 1. The number of hydrogen-bond acceptors (Lipinski definition) is 1. The van der Waals surface area contributed by atoms with E-state index < -0.39 is 23.0 Å². The monoisotopic (exact) mass is 240 g/mol. The van der Waals surface area contributed by atoms with E-state index in [1.807, 2.05) is 0 Å². The summed E-state index contributed by atoms with van der Waals surface area (Å²) in [6.07, 6.45) is 2.46. The molecule has 1 aliphatic carbocycles. The van der Waals surface area contributed by atoms with Crippen molar-refractivity contribution < 1.29 is 18.7 Å². The lowest BCUT2D eigenvalue weighted by molar-refractivity contribution is -0.143. The van der Waals surface area contributed by atoms with E-state index in [4.69, 9.17) is 0 Å². The van der Waals surface area contributed by atoms with Crippen molar-refractivity contribution in [2.24, 2.45) is 0 Å². The van der Waals surface area contributed by atoms with Crippen LogP contribution in [-0.2, 0) is 10.2 Å². The maximum atomic E-state index is 13.5. The quantitative estimate of drug-likeness (QED) is 0.862. The van der Waals surface area contributed by atoms with Gasteiger partial charge in [0, 0.05) is 5.56 Å². The molecule has 1 aromatic rings. The maximum absolute atomic E-state index is 13.5. The van der Waals surface area contributed by atoms with Gasteiger partial charge in [-0.1, -0.05) is 12.8 Å². The van der Waals surface area contributed by atoms with Gasteiger partial charge in [0.1, 0.15) is 11.6 Å². The molecule has 0 aliphatic heterocycles. The van der Waals surface area contributed by atoms with Gasteiger partial charge in [-0.2, -0.15) is 0 Å². The van der Waals surface area contributed by atoms with Gasteiger partial charge in [0.2, 0.25) is 0 Å². The fourth-order valence-corrected chi connectivity index (χ4v) is 2.53. The van der Waals surface area contributed by atoms with Crippen LogP contribution in [0.2, 0.25) is 0 Å². The first-order valence-corrected chi connectivity index (χ1v) is 5.67. The third-order valence-corrected chi connectivity index (χ3v) is 3.70. The van der Waals surface area contributed by atoms with Crippen molar-refractivity contribution in [1.29, 1.82) is 0 Å². The van der Waals surface area contributed by atoms with Crippen molar-refractivity contribution in [3.8, 4) is 0 Å². The summed E-state index contributed by atoms with van der Waals surface area (Å²) in [6.45, 7) is 1.34. The molecule has 0 amide bonds. The number of halogens is 2. The molecule has 2 rings (SSSR count). The summed E-state index contributed by atoms with van der Waals surface area (Å²) in [5.74, 6) is -2.34. The molecule has 92 valence electrons. The van der Waals surface area contributed by atoms with Crippen LogP contribution in [0.4, 0.5) is 8.78 Å². The highest BCUT2D eigenvalue weighted by Gasteiger charge is 2.43. The molecule has 0 unspecified atom stereocenters. The van der Waals surface area contributed by atoms with Crippen LogP contribution in [0, 0.1) is 18.6 Å². The Labute approximate surface area is 98.3 Å². The van der Waals surface area contributed by atoms with Crippen LogP contribution in [0.1, 0.15) is 36.8 Å². The summed E-state index contributed by atoms with van der Waals surface area (Å²) in [5, 5.41) is 9.32. The number of rotatable bonds is 2. The van der Waals surface area contributed by atoms with E-state index in [0.717, 1.165) is 25.0 Å². The lowest BCUT2D eigenvalue weighted by Crippen LogP contribution is -2.32. The third-order valence-electron chi connectivity index (χ3n) is 3.70. The predicted octanol–water partition coefficient (Wildman–Crippen LogP) is 3.17. The van der Waals surface area contributed by atoms with Crippen molar-refractivity contribution in [2.75, 3.05) is 0 Å². The fraction of sp³-hybridized carbons (Fsp3) is 0.462. The molecular formula is C13H14F2O2. The normalized spacial score (nSPS) is 18.3. The van der Waals surface area contributed by atoms with Crippen LogP contribution in [0.3, 0.4) is 0 Å². The molecule has 0 atom stereocenters. The molecule has 1 aromatic carbocycles. The molecule has 0 heterocycles. The molecule has 0 radical (unpaired) electrons. The minimum atomic E-state index is -1.10. The number of carbonyl (C=O) groups is 1. The first-order valence-electron chi connectivity index (χ1n) is 5.67. The van der Waals surface area contributed by atoms with Gasteiger partial charge in [0.15, 0.2) is 0 Å². The highest BCUT2D eigenvalue weighted by Crippen LogP contribution is 2.42. The molecule has 0 saturated heterocycles. The number of carboxylic acids is 1. The first-order chi connectivity index (χ1) is 7.97. The molecule has 1 aliphatic rings. The van der Waals surface area contributed by atoms with Gasteiger partial charge in [0.25, 0.3) is 0 Å². The summed E-state index contributed by atoms with van der Waals surface area (Å²) in [5.41, 5.74) is -0.912. The van der Waals surface area contributed by atoms with E-state index in [1.54, 1.807) is 0 Å². The Morgan fingerprint density at radius 3 is 2.12 bits per heavy atom. The van der Waals surface area contributed by atoms with Crippen LogP contribution < -0.4 is 0 Å². The number of carboxylic acid groups (broad SMARTS) is 1. The molecule has 1 saturated carbocycles. The molecule has 0 spiro atoms. The summed E-state index contributed by atoms with van der Waals surface area (Å²) < 4.78 is 27.0. The van der Waals surface area contributed by atoms with E-state index in [9.17, 15) is 18.7 Å². The third kappa shape index (κ3) is 1.81. The minimum Gasteiger partial charge on any atom is -0.481 e. The number of benzene rings is 1. The molecular weight excluding hydrogens is 226 g/mol. The zero-order valence-corrected chi connectivity index (χ0v) is 9.59. The Morgan fingerprint density at radius 2 is 1.71 bits per heavy atom. The van der Waals surface area contributed by atoms with E-state index in [2.05, 4.69) is 0 Å². The zero-order chi connectivity index (χ0) is 12.6. The Hall–Kier alpha value is -1.45. The highest BCUT2D eigenvalue weighted by atomic mass is 19.1. The molecule has 1 N–H and O–H groups in total. The average molecular weight is 240 g/mol. The maximum Gasteiger partial charge on any atom is 0.314 e. The summed E-state index contributed by atoms with van der Waals surface area (Å²) >= 11 is 0. The molecule has 17 heavy (non-hydrogen) atoms. The largest absolute Gasteiger partial charge is 0.481 e. The van der Waals surface area contributed by atoms with Crippen LogP contribution in [0.5, 0.6) is 0 Å². The number of hydrogen-bond donors (Lipinski definition) is 1. The summed E-state index contributed by atoms with van der Waals surface area (Å²) in [7, 11) is 0. The van der Waals surface area contributed by atoms with Crippen molar-refractivity contribution >= 4 is 5.97 Å². The van der Waals surface area contributed by atoms with Gasteiger partial charge in [-0.25, -0.2) is 8.78 Å². The Kier molecular flexibility index (Phi) is 2.89. The SMILES string of the molecule is Cc1c(F)cc(C2(C(=O)O)CCCC2)cc1F. The van der Waals surface area contributed by atoms with E-state index >= 15 is 0 Å². The Balaban J connectivity index is 2.55. The van der Waals surface area contributed by atoms with Crippen LogP contribution >= 0.6 is 0 Å². The molecule has 2 nitrogen and oxygen atoms in total. The molecule has 0 aromatic heterocycles. The smallest absolute Gasteiger partial charge is 0.314 e. The molecule has 0 bridgehead atoms. The van der Waals surface area contributed by atoms with Crippen molar-refractivity contribution in [1.82, 2.24) is 0 Å². The standard InChI is InChI=1S/C13H14F2O2/c1-8-10(14)6-9(7-11(8)15)13(12(16)17)4-2-3-5-13/h6-7H,2-5H2,1H3,(H,16,17). The van der Waals surface area contributed by atoms with Gasteiger partial charge in [-0.05, 0) is 37.5 Å². The summed E-state index contributed by atoms with van der Waals surface area (Å²) in [4.78, 5) is 11.4. The second-order valence-electron chi connectivity index (χ2n) is 4.66. The Bertz CT molecular complexity index is 439. The Morgan fingerprint density at radius 1 is 1.24 bits per heavy atom. The van der Waals surface area contributed by atoms with Gasteiger partial charge in [-0.3, -0.25) is 4.79 Å². The zero-order valence-electron chi connectivity index (χ0n) is 9.59. The van der Waals surface area contributed by atoms with Gasteiger partial charge in [-0.15, -0.1) is 0 Å². The second-order valence-corrected chi connectivity index (χ2v) is 4.66. The van der Waals surface area contributed by atoms with Crippen LogP contribution in [0.15, 0.2) is 12.1 Å². The fourth-order valence-electron chi connectivity index (χ4n) is 2.53. The van der Waals surface area contributed by atoms with Gasteiger partial charge in [0.05, 0.1) is 5.41 Å². The van der Waals surface area contributed by atoms with Crippen molar-refractivity contribution in [3.63, 3.8) is 0 Å². The minimum absolute atomic E-state index is 0.0627. The second kappa shape index (κ2) is 4.09. The highest BCUT2D eigenvalue weighted by molar-refractivity contribution is 5.81. The predicted molar refractivity (Wildman–Crippen MR) is 58.9 cm³/mol. The van der Waals surface area contributed by atoms with Crippen LogP contribution in [0.25, 0.3) is 0 Å². The van der Waals surface area contributed by atoms with E-state index in [-0.39, 0.29) is 11.1 Å². The van der Waals surface area contributed by atoms with Gasteiger partial charge >= 0.3 is 5.97 Å². The molecule has 1 fully saturated rings. The van der Waals surface area contributed by atoms with Gasteiger partial charge < -0.3 is 5.11 Å². The van der Waals surface area contributed by atoms with Crippen molar-refractivity contribution in [2.45, 2.75) is 38.0 Å². The lowest BCUT2D eigenvalue weighted by atomic mass is 9.78. The molecule has 4 heteroatoms. The van der Waals surface area contributed by atoms with E-state index in [1.165, 1.54) is 6.92 Å². The lowest BCUT2D eigenvalue weighted by Gasteiger charge is -2.24. The van der Waals surface area contributed by atoms with Crippen molar-refractivity contribution in [3.05, 3.63) is 34.9 Å². The average Bonchev–Trinajstić information content (AvgIpc) is 2.75. The first kappa shape index (κ1) is 12.0. The van der Waals surface area contributed by atoms with Crippen LogP contribution in [-0.4, -0.2) is 11.1 Å². The summed E-state index contributed by atoms with van der Waals surface area (Å²) in [6, 6.07) is 2.33. The van der Waals surface area contributed by atoms with E-state index in [0.29, 0.717) is 12.8 Å². The topological polar surface area (TPSA) is 37.3 Å².